The molecule has 0 radical (unpaired) electrons. The van der Waals surface area contributed by atoms with Crippen molar-refractivity contribution < 1.29 is 0 Å². The quantitative estimate of drug-likeness (QED) is 0.598. The second kappa shape index (κ2) is 9.60. The highest BCUT2D eigenvalue weighted by molar-refractivity contribution is 5.51. The summed E-state index contributed by atoms with van der Waals surface area (Å²) in [6, 6.07) is 19.8. The average Bonchev–Trinajstić information content (AvgIpc) is 3.41. The van der Waals surface area contributed by atoms with Crippen molar-refractivity contribution in [1.29, 1.82) is 5.26 Å². The molecular formula is C31H40N4. The molecule has 2 saturated heterocycles. The van der Waals surface area contributed by atoms with Crippen molar-refractivity contribution >= 4 is 5.69 Å². The van der Waals surface area contributed by atoms with Gasteiger partial charge in [0, 0.05) is 49.7 Å². The fraction of sp³-hybridized carbons (Fsp3) is 0.581. The number of hydrogen-bond donors (Lipinski definition) is 0. The van der Waals surface area contributed by atoms with Gasteiger partial charge in [-0.1, -0.05) is 37.1 Å². The molecule has 1 atom stereocenters. The van der Waals surface area contributed by atoms with E-state index in [1.165, 1.54) is 70.4 Å². The Bertz CT molecular complexity index is 1050. The molecule has 1 saturated carbocycles. The zero-order chi connectivity index (χ0) is 23.8. The van der Waals surface area contributed by atoms with Crippen molar-refractivity contribution in [3.63, 3.8) is 0 Å². The first-order chi connectivity index (χ1) is 17.2. The van der Waals surface area contributed by atoms with Gasteiger partial charge >= 0.3 is 0 Å². The maximum Gasteiger partial charge on any atom is 0.0991 e. The molecule has 1 unspecified atom stereocenters. The maximum atomic E-state index is 9.03. The summed E-state index contributed by atoms with van der Waals surface area (Å²) in [6.45, 7) is 8.43. The number of likely N-dealkylation sites (N-methyl/N-ethyl adjacent to an activating group) is 1. The fourth-order valence-electron chi connectivity index (χ4n) is 8.10. The van der Waals surface area contributed by atoms with Gasteiger partial charge in [-0.3, -0.25) is 0 Å². The van der Waals surface area contributed by atoms with Gasteiger partial charge in [0.1, 0.15) is 0 Å². The number of benzene rings is 2. The first-order valence-electron chi connectivity index (χ1n) is 13.9. The first kappa shape index (κ1) is 23.1. The third-order valence-electron chi connectivity index (χ3n) is 9.73. The Labute approximate surface area is 211 Å². The fourth-order valence-corrected chi connectivity index (χ4v) is 8.10. The molecule has 0 N–H and O–H groups in total. The van der Waals surface area contributed by atoms with Gasteiger partial charge in [0.25, 0.3) is 0 Å². The van der Waals surface area contributed by atoms with Crippen LogP contribution in [0.5, 0.6) is 0 Å². The lowest BCUT2D eigenvalue weighted by atomic mass is 9.57. The van der Waals surface area contributed by atoms with Crippen LogP contribution < -0.4 is 4.90 Å². The van der Waals surface area contributed by atoms with Crippen molar-refractivity contribution in [3.8, 4) is 6.07 Å². The van der Waals surface area contributed by atoms with Crippen LogP contribution in [0.25, 0.3) is 0 Å². The number of nitrogens with zero attached hydrogens (tertiary/aromatic N) is 4. The van der Waals surface area contributed by atoms with E-state index in [1.807, 2.05) is 12.1 Å². The predicted molar refractivity (Wildman–Crippen MR) is 142 cm³/mol. The molecular weight excluding hydrogens is 428 g/mol. The molecule has 2 aromatic carbocycles. The summed E-state index contributed by atoms with van der Waals surface area (Å²) in [5.74, 6) is 2.44. The molecule has 35 heavy (non-hydrogen) atoms. The molecule has 6 rings (SSSR count). The third kappa shape index (κ3) is 4.28. The van der Waals surface area contributed by atoms with Crippen LogP contribution in [0.1, 0.15) is 55.2 Å². The number of nitriles is 1. The number of rotatable bonds is 5. The summed E-state index contributed by atoms with van der Waals surface area (Å²) in [7, 11) is 2.35. The third-order valence-corrected chi connectivity index (χ3v) is 9.73. The van der Waals surface area contributed by atoms with Gasteiger partial charge in [-0.25, -0.2) is 0 Å². The van der Waals surface area contributed by atoms with E-state index in [4.69, 9.17) is 5.26 Å². The van der Waals surface area contributed by atoms with E-state index < -0.39 is 0 Å². The van der Waals surface area contributed by atoms with Gasteiger partial charge < -0.3 is 14.7 Å². The molecule has 3 aliphatic heterocycles. The van der Waals surface area contributed by atoms with Gasteiger partial charge in [-0.05, 0) is 93.0 Å². The van der Waals surface area contributed by atoms with Crippen LogP contribution in [-0.4, -0.2) is 56.1 Å². The summed E-state index contributed by atoms with van der Waals surface area (Å²) in [5, 5.41) is 9.03. The number of anilines is 1. The highest BCUT2D eigenvalue weighted by Gasteiger charge is 2.51. The monoisotopic (exact) mass is 468 g/mol. The van der Waals surface area contributed by atoms with Crippen molar-refractivity contribution in [1.82, 2.24) is 9.80 Å². The van der Waals surface area contributed by atoms with Crippen LogP contribution in [0.15, 0.2) is 48.5 Å². The van der Waals surface area contributed by atoms with Crippen molar-refractivity contribution in [3.05, 3.63) is 65.2 Å². The Balaban J connectivity index is 1.10. The Morgan fingerprint density at radius 3 is 2.31 bits per heavy atom. The molecule has 3 fully saturated rings. The van der Waals surface area contributed by atoms with E-state index in [1.54, 1.807) is 11.1 Å². The number of piperidine rings is 1. The minimum atomic E-state index is 0.356. The highest BCUT2D eigenvalue weighted by atomic mass is 15.2. The van der Waals surface area contributed by atoms with Gasteiger partial charge in [0.2, 0.25) is 0 Å². The van der Waals surface area contributed by atoms with Crippen LogP contribution in [0, 0.1) is 29.1 Å². The minimum Gasteiger partial charge on any atom is -0.371 e. The van der Waals surface area contributed by atoms with Crippen molar-refractivity contribution in [2.24, 2.45) is 17.8 Å². The van der Waals surface area contributed by atoms with Crippen molar-refractivity contribution in [2.45, 2.75) is 50.5 Å². The molecule has 0 aromatic heterocycles. The lowest BCUT2D eigenvalue weighted by Crippen LogP contribution is -2.56. The van der Waals surface area contributed by atoms with Crippen LogP contribution in [0.3, 0.4) is 0 Å². The smallest absolute Gasteiger partial charge is 0.0991 e. The molecule has 1 aliphatic carbocycles. The van der Waals surface area contributed by atoms with Crippen LogP contribution in [0.4, 0.5) is 5.69 Å². The summed E-state index contributed by atoms with van der Waals surface area (Å²) < 4.78 is 0. The molecule has 4 aliphatic rings. The molecule has 4 nitrogen and oxygen atoms in total. The molecule has 0 spiro atoms. The SMILES string of the molecule is CN1Cc2ccccc2C(C2CCCC2)(C2CCN(CC3CN(c4ccc(C#N)cc4)C3)CC2)C1. The van der Waals surface area contributed by atoms with Crippen LogP contribution >= 0.6 is 0 Å². The molecule has 184 valence electrons. The zero-order valence-electron chi connectivity index (χ0n) is 21.3. The topological polar surface area (TPSA) is 33.5 Å². The second-order valence-electron chi connectivity index (χ2n) is 11.9. The minimum absolute atomic E-state index is 0.356. The maximum absolute atomic E-state index is 9.03. The van der Waals surface area contributed by atoms with Crippen LogP contribution in [-0.2, 0) is 12.0 Å². The van der Waals surface area contributed by atoms with E-state index in [0.29, 0.717) is 5.41 Å². The molecule has 0 bridgehead atoms. The van der Waals surface area contributed by atoms with E-state index >= 15 is 0 Å². The van der Waals surface area contributed by atoms with Gasteiger partial charge in [-0.2, -0.15) is 5.26 Å². The molecule has 2 aromatic rings. The standard InChI is InChI=1S/C31H40N4/c1-33-22-26-6-2-5-9-30(26)31(23-33,27-7-3-4-8-27)28-14-16-34(17-15-28)19-25-20-35(21-25)29-12-10-24(18-32)11-13-29/h2,5-6,9-13,25,27-28H,3-4,7-8,14-17,19-23H2,1H3. The Morgan fingerprint density at radius 1 is 0.914 bits per heavy atom. The first-order valence-corrected chi connectivity index (χ1v) is 13.9. The van der Waals surface area contributed by atoms with E-state index in [-0.39, 0.29) is 0 Å². The second-order valence-corrected chi connectivity index (χ2v) is 11.9. The number of hydrogen-bond acceptors (Lipinski definition) is 4. The summed E-state index contributed by atoms with van der Waals surface area (Å²) in [6.07, 6.45) is 8.41. The lowest BCUT2D eigenvalue weighted by molar-refractivity contribution is 0.0420. The normalized spacial score (nSPS) is 26.9. The molecule has 4 heteroatoms. The van der Waals surface area contributed by atoms with Gasteiger partial charge in [-0.15, -0.1) is 0 Å². The van der Waals surface area contributed by atoms with Gasteiger partial charge in [0.05, 0.1) is 11.6 Å². The summed E-state index contributed by atoms with van der Waals surface area (Å²) in [5.41, 5.74) is 5.66. The molecule has 0 amide bonds. The van der Waals surface area contributed by atoms with Gasteiger partial charge in [0.15, 0.2) is 0 Å². The summed E-state index contributed by atoms with van der Waals surface area (Å²) in [4.78, 5) is 7.85. The van der Waals surface area contributed by atoms with E-state index in [0.717, 1.165) is 43.0 Å². The van der Waals surface area contributed by atoms with Crippen molar-refractivity contribution in [2.75, 3.05) is 51.2 Å². The van der Waals surface area contributed by atoms with E-state index in [2.05, 4.69) is 64.2 Å². The lowest BCUT2D eigenvalue weighted by Gasteiger charge is -2.54. The van der Waals surface area contributed by atoms with Crippen LogP contribution in [0.2, 0.25) is 0 Å². The highest BCUT2D eigenvalue weighted by Crippen LogP contribution is 2.53. The zero-order valence-corrected chi connectivity index (χ0v) is 21.3. The summed E-state index contributed by atoms with van der Waals surface area (Å²) >= 11 is 0. The predicted octanol–water partition coefficient (Wildman–Crippen LogP) is 5.28. The Morgan fingerprint density at radius 2 is 1.60 bits per heavy atom. The molecule has 3 heterocycles. The Kier molecular flexibility index (Phi) is 6.33. The number of fused-ring (bicyclic) bond motifs is 1. The number of likely N-dealkylation sites (tertiary alicyclic amines) is 1. The largest absolute Gasteiger partial charge is 0.371 e. The Hall–Kier alpha value is -2.35. The van der Waals surface area contributed by atoms with E-state index in [9.17, 15) is 0 Å². The average molecular weight is 469 g/mol.